The van der Waals surface area contributed by atoms with Crippen LogP contribution in [0.1, 0.15) is 25.3 Å². The first-order valence-corrected chi connectivity index (χ1v) is 5.88. The van der Waals surface area contributed by atoms with Crippen molar-refractivity contribution in [3.8, 4) is 0 Å². The van der Waals surface area contributed by atoms with Crippen LogP contribution >= 0.6 is 0 Å². The standard InChI is InChI=1S/C12H19N3O/c1-3-12(4-5-13-9-12)11(16)6-10-7-14-15(2)8-10/h7-8,13H,3-6,9H2,1-2H3. The highest BCUT2D eigenvalue weighted by Crippen LogP contribution is 2.31. The van der Waals surface area contributed by atoms with E-state index in [-0.39, 0.29) is 5.41 Å². The first kappa shape index (κ1) is 11.3. The number of carbonyl (C=O) groups excluding carboxylic acids is 1. The van der Waals surface area contributed by atoms with E-state index in [1.807, 2.05) is 13.2 Å². The zero-order valence-corrected chi connectivity index (χ0v) is 9.99. The molecule has 1 atom stereocenters. The summed E-state index contributed by atoms with van der Waals surface area (Å²) in [6.45, 7) is 3.91. The van der Waals surface area contributed by atoms with Gasteiger partial charge in [-0.2, -0.15) is 5.10 Å². The molecule has 4 heteroatoms. The van der Waals surface area contributed by atoms with E-state index in [9.17, 15) is 4.79 Å². The Hall–Kier alpha value is -1.16. The predicted octanol–water partition coefficient (Wildman–Crippen LogP) is 0.921. The summed E-state index contributed by atoms with van der Waals surface area (Å²) in [7, 11) is 1.88. The van der Waals surface area contributed by atoms with E-state index < -0.39 is 0 Å². The molecule has 4 nitrogen and oxygen atoms in total. The molecule has 0 spiro atoms. The third-order valence-corrected chi connectivity index (χ3v) is 3.64. The predicted molar refractivity (Wildman–Crippen MR) is 62.1 cm³/mol. The molecule has 1 saturated heterocycles. The zero-order chi connectivity index (χ0) is 11.6. The van der Waals surface area contributed by atoms with Gasteiger partial charge in [-0.3, -0.25) is 9.48 Å². The largest absolute Gasteiger partial charge is 0.316 e. The summed E-state index contributed by atoms with van der Waals surface area (Å²) in [6, 6.07) is 0. The Morgan fingerprint density at radius 2 is 2.50 bits per heavy atom. The molecule has 0 radical (unpaired) electrons. The van der Waals surface area contributed by atoms with Crippen molar-refractivity contribution in [2.75, 3.05) is 13.1 Å². The van der Waals surface area contributed by atoms with Gasteiger partial charge < -0.3 is 5.32 Å². The lowest BCUT2D eigenvalue weighted by Crippen LogP contribution is -2.34. The van der Waals surface area contributed by atoms with Crippen LogP contribution in [0.5, 0.6) is 0 Å². The molecule has 0 aliphatic carbocycles. The number of aromatic nitrogens is 2. The fourth-order valence-corrected chi connectivity index (χ4v) is 2.42. The van der Waals surface area contributed by atoms with Crippen LogP contribution in [0.25, 0.3) is 0 Å². The van der Waals surface area contributed by atoms with Crippen LogP contribution in [0.15, 0.2) is 12.4 Å². The quantitative estimate of drug-likeness (QED) is 0.822. The van der Waals surface area contributed by atoms with Gasteiger partial charge in [-0.25, -0.2) is 0 Å². The van der Waals surface area contributed by atoms with Crippen LogP contribution in [0.4, 0.5) is 0 Å². The number of nitrogens with zero attached hydrogens (tertiary/aromatic N) is 2. The van der Waals surface area contributed by atoms with Gasteiger partial charge in [-0.05, 0) is 24.9 Å². The van der Waals surface area contributed by atoms with Crippen LogP contribution in [0.3, 0.4) is 0 Å². The Balaban J connectivity index is 2.07. The van der Waals surface area contributed by atoms with E-state index in [0.29, 0.717) is 12.2 Å². The number of ketones is 1. The summed E-state index contributed by atoms with van der Waals surface area (Å²) in [6.07, 6.45) is 6.12. The molecule has 0 saturated carbocycles. The molecule has 16 heavy (non-hydrogen) atoms. The van der Waals surface area contributed by atoms with Gasteiger partial charge in [0.1, 0.15) is 5.78 Å². The monoisotopic (exact) mass is 221 g/mol. The number of carbonyl (C=O) groups is 1. The second kappa shape index (κ2) is 4.37. The molecule has 88 valence electrons. The first-order valence-electron chi connectivity index (χ1n) is 5.88. The van der Waals surface area contributed by atoms with Crippen molar-refractivity contribution in [3.05, 3.63) is 18.0 Å². The van der Waals surface area contributed by atoms with Crippen molar-refractivity contribution in [1.82, 2.24) is 15.1 Å². The molecule has 1 aliphatic heterocycles. The summed E-state index contributed by atoms with van der Waals surface area (Å²) >= 11 is 0. The second-order valence-corrected chi connectivity index (χ2v) is 4.68. The Bertz CT molecular complexity index is 377. The Labute approximate surface area is 96.0 Å². The molecular weight excluding hydrogens is 202 g/mol. The average molecular weight is 221 g/mol. The topological polar surface area (TPSA) is 46.9 Å². The van der Waals surface area contributed by atoms with Crippen LogP contribution in [0.2, 0.25) is 0 Å². The van der Waals surface area contributed by atoms with Gasteiger partial charge in [0, 0.05) is 31.6 Å². The lowest BCUT2D eigenvalue weighted by atomic mass is 9.78. The van der Waals surface area contributed by atoms with E-state index in [0.717, 1.165) is 31.5 Å². The SMILES string of the molecule is CCC1(C(=O)Cc2cnn(C)c2)CCNC1. The highest BCUT2D eigenvalue weighted by atomic mass is 16.1. The number of aryl methyl sites for hydroxylation is 1. The molecular formula is C12H19N3O. The molecule has 0 amide bonds. The number of hydrogen-bond acceptors (Lipinski definition) is 3. The van der Waals surface area contributed by atoms with Crippen LogP contribution in [-0.4, -0.2) is 28.7 Å². The second-order valence-electron chi connectivity index (χ2n) is 4.68. The van der Waals surface area contributed by atoms with Crippen molar-refractivity contribution in [2.45, 2.75) is 26.2 Å². The van der Waals surface area contributed by atoms with E-state index in [1.54, 1.807) is 10.9 Å². The van der Waals surface area contributed by atoms with Gasteiger partial charge in [0.2, 0.25) is 0 Å². The number of nitrogens with one attached hydrogen (secondary N) is 1. The number of hydrogen-bond donors (Lipinski definition) is 1. The van der Waals surface area contributed by atoms with Crippen molar-refractivity contribution in [3.63, 3.8) is 0 Å². The third-order valence-electron chi connectivity index (χ3n) is 3.64. The van der Waals surface area contributed by atoms with Gasteiger partial charge in [0.25, 0.3) is 0 Å². The molecule has 1 aromatic rings. The minimum absolute atomic E-state index is 0.129. The van der Waals surface area contributed by atoms with Crippen LogP contribution in [-0.2, 0) is 18.3 Å². The zero-order valence-electron chi connectivity index (χ0n) is 9.99. The van der Waals surface area contributed by atoms with E-state index in [4.69, 9.17) is 0 Å². The molecule has 0 bridgehead atoms. The summed E-state index contributed by atoms with van der Waals surface area (Å²) in [5, 5.41) is 7.39. The maximum absolute atomic E-state index is 12.3. The first-order chi connectivity index (χ1) is 7.66. The fraction of sp³-hybridized carbons (Fsp3) is 0.667. The van der Waals surface area contributed by atoms with Gasteiger partial charge in [0.05, 0.1) is 6.20 Å². The highest BCUT2D eigenvalue weighted by molar-refractivity contribution is 5.87. The lowest BCUT2D eigenvalue weighted by molar-refractivity contribution is -0.127. The van der Waals surface area contributed by atoms with Crippen molar-refractivity contribution in [2.24, 2.45) is 12.5 Å². The Morgan fingerprint density at radius 1 is 1.69 bits per heavy atom. The summed E-state index contributed by atoms with van der Waals surface area (Å²) in [5.41, 5.74) is 0.891. The van der Waals surface area contributed by atoms with Gasteiger partial charge >= 0.3 is 0 Å². The smallest absolute Gasteiger partial charge is 0.144 e. The molecule has 2 heterocycles. The van der Waals surface area contributed by atoms with E-state index >= 15 is 0 Å². The molecule has 2 rings (SSSR count). The third kappa shape index (κ3) is 2.02. The fourth-order valence-electron chi connectivity index (χ4n) is 2.42. The maximum atomic E-state index is 12.3. The van der Waals surface area contributed by atoms with Gasteiger partial charge in [-0.15, -0.1) is 0 Å². The van der Waals surface area contributed by atoms with Gasteiger partial charge in [-0.1, -0.05) is 6.92 Å². The average Bonchev–Trinajstić information content (AvgIpc) is 2.88. The summed E-state index contributed by atoms with van der Waals surface area (Å²) in [4.78, 5) is 12.3. The van der Waals surface area contributed by atoms with E-state index in [2.05, 4.69) is 17.3 Å². The van der Waals surface area contributed by atoms with E-state index in [1.165, 1.54) is 0 Å². The van der Waals surface area contributed by atoms with Gasteiger partial charge in [0.15, 0.2) is 0 Å². The molecule has 1 fully saturated rings. The van der Waals surface area contributed by atoms with Crippen molar-refractivity contribution in [1.29, 1.82) is 0 Å². The van der Waals surface area contributed by atoms with Crippen molar-refractivity contribution >= 4 is 5.78 Å². The maximum Gasteiger partial charge on any atom is 0.144 e. The molecule has 1 unspecified atom stereocenters. The summed E-state index contributed by atoms with van der Waals surface area (Å²) in [5.74, 6) is 0.355. The van der Waals surface area contributed by atoms with Crippen LogP contribution < -0.4 is 5.32 Å². The molecule has 0 aromatic carbocycles. The minimum atomic E-state index is -0.129. The molecule has 1 N–H and O–H groups in total. The highest BCUT2D eigenvalue weighted by Gasteiger charge is 2.38. The number of Topliss-reactive ketones (excluding diaryl/α,β-unsaturated/α-hetero) is 1. The number of rotatable bonds is 4. The Morgan fingerprint density at radius 3 is 3.00 bits per heavy atom. The van der Waals surface area contributed by atoms with Crippen LogP contribution in [0, 0.1) is 5.41 Å². The normalized spacial score (nSPS) is 24.9. The molecule has 1 aromatic heterocycles. The minimum Gasteiger partial charge on any atom is -0.316 e. The lowest BCUT2D eigenvalue weighted by Gasteiger charge is -2.24. The Kier molecular flexibility index (Phi) is 3.10. The summed E-state index contributed by atoms with van der Waals surface area (Å²) < 4.78 is 1.74. The van der Waals surface area contributed by atoms with Crippen molar-refractivity contribution < 1.29 is 4.79 Å². The molecule has 1 aliphatic rings.